The summed E-state index contributed by atoms with van der Waals surface area (Å²) in [6.45, 7) is 3.50. The number of anilines is 4. The number of hydrogen-bond acceptors (Lipinski definition) is 5. The van der Waals surface area contributed by atoms with Crippen molar-refractivity contribution >= 4 is 29.1 Å². The Morgan fingerprint density at radius 1 is 1.00 bits per heavy atom. The average molecular weight is 434 g/mol. The van der Waals surface area contributed by atoms with Crippen molar-refractivity contribution in [2.45, 2.75) is 26.4 Å². The van der Waals surface area contributed by atoms with E-state index in [1.165, 1.54) is 0 Å². The maximum absolute atomic E-state index is 13.5. The number of aliphatic carboxylic acids is 1. The van der Waals surface area contributed by atoms with Crippen LogP contribution in [0, 0.1) is 19.7 Å². The van der Waals surface area contributed by atoms with Crippen LogP contribution in [-0.2, 0) is 17.4 Å². The van der Waals surface area contributed by atoms with Gasteiger partial charge in [0.25, 0.3) is 0 Å². The highest BCUT2D eigenvalue weighted by molar-refractivity contribution is 5.71. The Morgan fingerprint density at radius 2 is 1.65 bits per heavy atom. The summed E-state index contributed by atoms with van der Waals surface area (Å²) in [4.78, 5) is 19.3. The lowest BCUT2D eigenvalue weighted by Crippen LogP contribution is -2.10. The molecule has 6 nitrogen and oxygen atoms in total. The number of nitrogens with one attached hydrogen (secondary N) is 2. The van der Waals surface area contributed by atoms with Gasteiger partial charge in [-0.15, -0.1) is 0 Å². The van der Waals surface area contributed by atoms with Crippen molar-refractivity contribution in [3.05, 3.63) is 70.7 Å². The van der Waals surface area contributed by atoms with Gasteiger partial charge >= 0.3 is 12.1 Å². The molecule has 0 unspecified atom stereocenters. The number of nitrogens with zero attached hydrogens (tertiary/aromatic N) is 2. The third-order valence-electron chi connectivity index (χ3n) is 4.49. The minimum atomic E-state index is -4.83. The minimum absolute atomic E-state index is 0.0130. The van der Waals surface area contributed by atoms with Crippen molar-refractivity contribution < 1.29 is 27.5 Å². The van der Waals surface area contributed by atoms with Crippen molar-refractivity contribution in [3.8, 4) is 0 Å². The number of carbonyl (C=O) groups is 1. The predicted molar refractivity (Wildman–Crippen MR) is 107 cm³/mol. The van der Waals surface area contributed by atoms with E-state index in [4.69, 9.17) is 5.11 Å². The Morgan fingerprint density at radius 3 is 2.26 bits per heavy atom. The molecule has 0 spiro atoms. The van der Waals surface area contributed by atoms with Gasteiger partial charge in [0.15, 0.2) is 0 Å². The molecule has 0 aliphatic carbocycles. The van der Waals surface area contributed by atoms with E-state index in [2.05, 4.69) is 20.6 Å². The second-order valence-electron chi connectivity index (χ2n) is 6.82. The fourth-order valence-corrected chi connectivity index (χ4v) is 2.77. The zero-order valence-electron chi connectivity index (χ0n) is 16.5. The maximum Gasteiger partial charge on any atom is 0.419 e. The molecule has 0 aliphatic rings. The van der Waals surface area contributed by atoms with Gasteiger partial charge in [-0.1, -0.05) is 12.1 Å². The first-order valence-corrected chi connectivity index (χ1v) is 9.09. The van der Waals surface area contributed by atoms with Crippen LogP contribution < -0.4 is 10.6 Å². The van der Waals surface area contributed by atoms with Gasteiger partial charge in [0, 0.05) is 22.6 Å². The third-order valence-corrected chi connectivity index (χ3v) is 4.49. The molecule has 10 heteroatoms. The van der Waals surface area contributed by atoms with Gasteiger partial charge in [-0.25, -0.2) is 9.37 Å². The molecule has 3 N–H and O–H groups in total. The van der Waals surface area contributed by atoms with Gasteiger partial charge in [-0.05, 0) is 49.7 Å². The topological polar surface area (TPSA) is 87.1 Å². The van der Waals surface area contributed by atoms with Crippen LogP contribution in [-0.4, -0.2) is 21.0 Å². The van der Waals surface area contributed by atoms with Crippen LogP contribution in [0.2, 0.25) is 0 Å². The molecule has 2 aromatic carbocycles. The van der Waals surface area contributed by atoms with Crippen molar-refractivity contribution in [1.29, 1.82) is 0 Å². The molecule has 1 aromatic heterocycles. The lowest BCUT2D eigenvalue weighted by Gasteiger charge is -2.14. The van der Waals surface area contributed by atoms with Crippen molar-refractivity contribution in [3.63, 3.8) is 0 Å². The van der Waals surface area contributed by atoms with Crippen molar-refractivity contribution in [2.75, 3.05) is 10.6 Å². The van der Waals surface area contributed by atoms with Crippen LogP contribution in [0.3, 0.4) is 0 Å². The normalized spacial score (nSPS) is 11.3. The van der Waals surface area contributed by atoms with Crippen molar-refractivity contribution in [1.82, 2.24) is 9.97 Å². The lowest BCUT2D eigenvalue weighted by atomic mass is 10.1. The lowest BCUT2D eigenvalue weighted by molar-refractivity contribution is -0.140. The van der Waals surface area contributed by atoms with E-state index in [0.29, 0.717) is 28.8 Å². The number of hydrogen-bond donors (Lipinski definition) is 3. The van der Waals surface area contributed by atoms with Crippen LogP contribution in [0.4, 0.5) is 40.7 Å². The molecular weight excluding hydrogens is 416 g/mol. The molecule has 0 bridgehead atoms. The molecule has 31 heavy (non-hydrogen) atoms. The molecule has 0 saturated carbocycles. The van der Waals surface area contributed by atoms with Gasteiger partial charge in [0.05, 0.1) is 12.0 Å². The molecule has 162 valence electrons. The highest BCUT2D eigenvalue weighted by atomic mass is 19.4. The van der Waals surface area contributed by atoms with E-state index in [0.717, 1.165) is 17.7 Å². The van der Waals surface area contributed by atoms with Crippen LogP contribution in [0.5, 0.6) is 0 Å². The number of alkyl halides is 3. The van der Waals surface area contributed by atoms with Gasteiger partial charge in [-0.3, -0.25) is 4.79 Å². The molecule has 0 amide bonds. The van der Waals surface area contributed by atoms with E-state index in [1.54, 1.807) is 38.1 Å². The summed E-state index contributed by atoms with van der Waals surface area (Å²) in [6.07, 6.45) is -4.93. The second kappa shape index (κ2) is 8.58. The van der Waals surface area contributed by atoms with Gasteiger partial charge in [0.2, 0.25) is 5.95 Å². The Labute approximate surface area is 175 Å². The zero-order valence-corrected chi connectivity index (χ0v) is 16.5. The van der Waals surface area contributed by atoms with E-state index in [1.807, 2.05) is 0 Å². The summed E-state index contributed by atoms with van der Waals surface area (Å²) >= 11 is 0. The highest BCUT2D eigenvalue weighted by Crippen LogP contribution is 2.33. The Hall–Kier alpha value is -3.69. The van der Waals surface area contributed by atoms with Gasteiger partial charge < -0.3 is 15.7 Å². The maximum atomic E-state index is 13.5. The summed E-state index contributed by atoms with van der Waals surface area (Å²) in [6, 6.07) is 9.26. The van der Waals surface area contributed by atoms with Crippen LogP contribution in [0.25, 0.3) is 0 Å². The number of aromatic nitrogens is 2. The molecule has 3 rings (SSSR count). The van der Waals surface area contributed by atoms with Crippen molar-refractivity contribution in [2.24, 2.45) is 0 Å². The first-order valence-electron chi connectivity index (χ1n) is 9.09. The first-order chi connectivity index (χ1) is 14.5. The van der Waals surface area contributed by atoms with Gasteiger partial charge in [0.1, 0.15) is 11.6 Å². The number of carboxylic acid groups (broad SMARTS) is 1. The Bertz CT molecular complexity index is 1120. The predicted octanol–water partition coefficient (Wildman–Crippen LogP) is 5.37. The fourth-order valence-electron chi connectivity index (χ4n) is 2.77. The Kier molecular flexibility index (Phi) is 6.09. The third kappa shape index (κ3) is 5.47. The first kappa shape index (κ1) is 22.0. The summed E-state index contributed by atoms with van der Waals surface area (Å²) < 4.78 is 52.3. The monoisotopic (exact) mass is 434 g/mol. The molecule has 1 heterocycles. The van der Waals surface area contributed by atoms with Crippen LogP contribution >= 0.6 is 0 Å². The number of benzene rings is 2. The van der Waals surface area contributed by atoms with E-state index in [-0.39, 0.29) is 18.1 Å². The number of rotatable bonds is 6. The summed E-state index contributed by atoms with van der Waals surface area (Å²) in [5.41, 5.74) is 1.17. The number of carboxylic acids is 1. The molecule has 0 radical (unpaired) electrons. The summed E-state index contributed by atoms with van der Waals surface area (Å²) in [7, 11) is 0. The van der Waals surface area contributed by atoms with E-state index >= 15 is 0 Å². The van der Waals surface area contributed by atoms with Crippen LogP contribution in [0.1, 0.15) is 22.4 Å². The van der Waals surface area contributed by atoms with E-state index in [9.17, 15) is 22.4 Å². The Balaban J connectivity index is 1.85. The quantitative estimate of drug-likeness (QED) is 0.453. The fraction of sp³-hybridized carbons (Fsp3) is 0.190. The van der Waals surface area contributed by atoms with Gasteiger partial charge in [-0.2, -0.15) is 18.2 Å². The van der Waals surface area contributed by atoms with Crippen LogP contribution in [0.15, 0.2) is 42.5 Å². The average Bonchev–Trinajstić information content (AvgIpc) is 2.67. The molecule has 0 aliphatic heterocycles. The number of halogens is 4. The smallest absolute Gasteiger partial charge is 0.419 e. The van der Waals surface area contributed by atoms with E-state index < -0.39 is 23.5 Å². The SMILES string of the molecule is Cc1nc(Nc2ccc(F)c(C(F)(F)F)c2)nc(Nc2ccc(CC(=O)O)cc2)c1C. The molecule has 3 aromatic rings. The minimum Gasteiger partial charge on any atom is -0.481 e. The summed E-state index contributed by atoms with van der Waals surface area (Å²) in [5.74, 6) is -1.85. The molecular formula is C21H18F4N4O2. The molecule has 0 fully saturated rings. The highest BCUT2D eigenvalue weighted by Gasteiger charge is 2.34. The number of aryl methyl sites for hydroxylation is 1. The molecule has 0 atom stereocenters. The zero-order chi connectivity index (χ0) is 22.8. The summed E-state index contributed by atoms with van der Waals surface area (Å²) in [5, 5.41) is 14.6. The molecule has 0 saturated heterocycles. The largest absolute Gasteiger partial charge is 0.481 e. The second-order valence-corrected chi connectivity index (χ2v) is 6.82. The standard InChI is InChI=1S/C21H18F4N4O2/c1-11-12(2)26-20(28-15-7-8-17(22)16(10-15)21(23,24)25)29-19(11)27-14-5-3-13(4-6-14)9-18(30)31/h3-8,10H,9H2,1-2H3,(H,30,31)(H2,26,27,28,29).